The zero-order valence-electron chi connectivity index (χ0n) is 10.8. The summed E-state index contributed by atoms with van der Waals surface area (Å²) in [5.74, 6) is 0. The molecule has 0 spiro atoms. The number of carbonyl (C=O) groups excluding carboxylic acids is 1. The lowest BCUT2D eigenvalue weighted by atomic mass is 10.2. The Labute approximate surface area is 115 Å². The van der Waals surface area contributed by atoms with Crippen molar-refractivity contribution in [3.8, 4) is 0 Å². The molecule has 0 aliphatic carbocycles. The van der Waals surface area contributed by atoms with Gasteiger partial charge in [0, 0.05) is 11.8 Å². The van der Waals surface area contributed by atoms with E-state index < -0.39 is 11.0 Å². The number of hydrogen-bond donors (Lipinski definition) is 2. The lowest BCUT2D eigenvalue weighted by Crippen LogP contribution is -2.20. The first-order chi connectivity index (χ1) is 9.56. The smallest absolute Gasteiger partial charge is 0.308 e. The second-order valence-electron chi connectivity index (χ2n) is 4.22. The van der Waals surface area contributed by atoms with Gasteiger partial charge in [-0.25, -0.2) is 4.79 Å². The molecule has 2 aromatic carbocycles. The number of para-hydroxylation sites is 1. The first-order valence-corrected chi connectivity index (χ1v) is 5.94. The molecule has 2 aromatic rings. The fraction of sp³-hybridized carbons (Fsp3) is 0.0714. The second-order valence-corrected chi connectivity index (χ2v) is 4.22. The van der Waals surface area contributed by atoms with Gasteiger partial charge in [0.15, 0.2) is 0 Å². The molecule has 2 amide bonds. The molecule has 2 N–H and O–H groups in total. The molecule has 0 saturated carbocycles. The third-order valence-electron chi connectivity index (χ3n) is 2.63. The molecule has 0 fully saturated rings. The van der Waals surface area contributed by atoms with Gasteiger partial charge in [0.05, 0.1) is 4.92 Å². The minimum absolute atomic E-state index is 0.140. The Hall–Kier alpha value is -2.89. The van der Waals surface area contributed by atoms with Crippen LogP contribution in [0.2, 0.25) is 0 Å². The van der Waals surface area contributed by atoms with Gasteiger partial charge in [0.25, 0.3) is 5.69 Å². The number of aryl methyl sites for hydroxylation is 1. The van der Waals surface area contributed by atoms with Gasteiger partial charge < -0.3 is 10.6 Å². The fourth-order valence-electron chi connectivity index (χ4n) is 1.72. The van der Waals surface area contributed by atoms with E-state index in [1.54, 1.807) is 43.3 Å². The van der Waals surface area contributed by atoms with E-state index in [0.29, 0.717) is 5.69 Å². The number of carbonyl (C=O) groups is 1. The van der Waals surface area contributed by atoms with Gasteiger partial charge >= 0.3 is 6.03 Å². The molecular weight excluding hydrogens is 258 g/mol. The van der Waals surface area contributed by atoms with E-state index in [9.17, 15) is 14.9 Å². The van der Waals surface area contributed by atoms with Gasteiger partial charge in [-0.15, -0.1) is 0 Å². The molecule has 0 radical (unpaired) electrons. The maximum atomic E-state index is 11.8. The summed E-state index contributed by atoms with van der Waals surface area (Å²) < 4.78 is 0. The molecule has 0 unspecified atom stereocenters. The van der Waals surface area contributed by atoms with E-state index in [0.717, 1.165) is 5.56 Å². The van der Waals surface area contributed by atoms with Crippen LogP contribution < -0.4 is 10.6 Å². The quantitative estimate of drug-likeness (QED) is 0.661. The zero-order valence-corrected chi connectivity index (χ0v) is 10.8. The topological polar surface area (TPSA) is 84.3 Å². The maximum Gasteiger partial charge on any atom is 0.323 e. The van der Waals surface area contributed by atoms with Crippen molar-refractivity contribution in [2.24, 2.45) is 0 Å². The summed E-state index contributed by atoms with van der Waals surface area (Å²) >= 11 is 0. The number of hydrogen-bond acceptors (Lipinski definition) is 3. The first kappa shape index (κ1) is 13.5. The molecule has 0 aromatic heterocycles. The second kappa shape index (κ2) is 5.83. The van der Waals surface area contributed by atoms with Crippen molar-refractivity contribution in [2.75, 3.05) is 10.6 Å². The molecule has 102 valence electrons. The highest BCUT2D eigenvalue weighted by atomic mass is 16.6. The Balaban J connectivity index is 2.15. The standard InChI is InChI=1S/C14H13N3O3/c1-10-7-8-13(17(19)20)12(9-10)16-14(18)15-11-5-3-2-4-6-11/h2-9H,1H3,(H2,15,16,18). The molecule has 6 heteroatoms. The van der Waals surface area contributed by atoms with Crippen molar-refractivity contribution < 1.29 is 9.72 Å². The van der Waals surface area contributed by atoms with Gasteiger partial charge in [-0.1, -0.05) is 24.3 Å². The highest BCUT2D eigenvalue weighted by molar-refractivity contribution is 6.01. The molecule has 6 nitrogen and oxygen atoms in total. The Bertz CT molecular complexity index is 641. The number of anilines is 2. The summed E-state index contributed by atoms with van der Waals surface area (Å²) in [5, 5.41) is 16.0. The van der Waals surface area contributed by atoms with E-state index in [2.05, 4.69) is 10.6 Å². The van der Waals surface area contributed by atoms with Crippen LogP contribution in [0.4, 0.5) is 21.9 Å². The Morgan fingerprint density at radius 1 is 1.10 bits per heavy atom. The van der Waals surface area contributed by atoms with E-state index in [1.807, 2.05) is 6.07 Å². The third kappa shape index (κ3) is 3.32. The number of amides is 2. The van der Waals surface area contributed by atoms with Crippen molar-refractivity contribution in [2.45, 2.75) is 6.92 Å². The summed E-state index contributed by atoms with van der Waals surface area (Å²) in [4.78, 5) is 22.2. The van der Waals surface area contributed by atoms with Crippen LogP contribution in [0, 0.1) is 17.0 Å². The number of urea groups is 1. The summed E-state index contributed by atoms with van der Waals surface area (Å²) in [6.07, 6.45) is 0. The largest absolute Gasteiger partial charge is 0.323 e. The van der Waals surface area contributed by atoms with Gasteiger partial charge in [-0.2, -0.15) is 0 Å². The Morgan fingerprint density at radius 3 is 2.45 bits per heavy atom. The normalized spacial score (nSPS) is 9.85. The molecular formula is C14H13N3O3. The van der Waals surface area contributed by atoms with Gasteiger partial charge in [-0.3, -0.25) is 10.1 Å². The zero-order chi connectivity index (χ0) is 14.5. The number of nitrogens with zero attached hydrogens (tertiary/aromatic N) is 1. The monoisotopic (exact) mass is 271 g/mol. The summed E-state index contributed by atoms with van der Waals surface area (Å²) in [5.41, 5.74) is 1.47. The SMILES string of the molecule is Cc1ccc([N+](=O)[O-])c(NC(=O)Nc2ccccc2)c1. The van der Waals surface area contributed by atoms with Crippen molar-refractivity contribution >= 4 is 23.1 Å². The van der Waals surface area contributed by atoms with Crippen LogP contribution in [-0.2, 0) is 0 Å². The van der Waals surface area contributed by atoms with Crippen molar-refractivity contribution in [1.29, 1.82) is 0 Å². The molecule has 0 aliphatic rings. The van der Waals surface area contributed by atoms with Gasteiger partial charge in [0.2, 0.25) is 0 Å². The lowest BCUT2D eigenvalue weighted by Gasteiger charge is -2.08. The fourth-order valence-corrected chi connectivity index (χ4v) is 1.72. The van der Waals surface area contributed by atoms with Gasteiger partial charge in [-0.05, 0) is 30.7 Å². The van der Waals surface area contributed by atoms with Crippen LogP contribution in [0.15, 0.2) is 48.5 Å². The number of nitro groups is 1. The van der Waals surface area contributed by atoms with E-state index in [4.69, 9.17) is 0 Å². The van der Waals surface area contributed by atoms with E-state index >= 15 is 0 Å². The number of rotatable bonds is 3. The van der Waals surface area contributed by atoms with Crippen LogP contribution in [0.5, 0.6) is 0 Å². The molecule has 20 heavy (non-hydrogen) atoms. The molecule has 0 heterocycles. The first-order valence-electron chi connectivity index (χ1n) is 5.94. The lowest BCUT2D eigenvalue weighted by molar-refractivity contribution is -0.383. The summed E-state index contributed by atoms with van der Waals surface area (Å²) in [6.45, 7) is 1.80. The van der Waals surface area contributed by atoms with Crippen LogP contribution in [-0.4, -0.2) is 11.0 Å². The molecule has 0 atom stereocenters. The predicted octanol–water partition coefficient (Wildman–Crippen LogP) is 3.55. The highest BCUT2D eigenvalue weighted by Crippen LogP contribution is 2.25. The minimum Gasteiger partial charge on any atom is -0.308 e. The van der Waals surface area contributed by atoms with Crippen molar-refractivity contribution in [3.63, 3.8) is 0 Å². The predicted molar refractivity (Wildman–Crippen MR) is 76.9 cm³/mol. The molecule has 0 bridgehead atoms. The number of benzene rings is 2. The summed E-state index contributed by atoms with van der Waals surface area (Å²) in [7, 11) is 0. The number of nitro benzene ring substituents is 1. The molecule has 2 rings (SSSR count). The van der Waals surface area contributed by atoms with Crippen molar-refractivity contribution in [1.82, 2.24) is 0 Å². The minimum atomic E-state index is -0.530. The van der Waals surface area contributed by atoms with E-state index in [-0.39, 0.29) is 11.4 Å². The van der Waals surface area contributed by atoms with Crippen LogP contribution in [0.1, 0.15) is 5.56 Å². The average molecular weight is 271 g/mol. The van der Waals surface area contributed by atoms with Crippen LogP contribution >= 0.6 is 0 Å². The Morgan fingerprint density at radius 2 is 1.80 bits per heavy atom. The van der Waals surface area contributed by atoms with E-state index in [1.165, 1.54) is 6.07 Å². The molecule has 0 aliphatic heterocycles. The summed E-state index contributed by atoms with van der Waals surface area (Å²) in [6, 6.07) is 12.9. The Kier molecular flexibility index (Phi) is 3.95. The molecule has 0 saturated heterocycles. The third-order valence-corrected chi connectivity index (χ3v) is 2.63. The van der Waals surface area contributed by atoms with Crippen LogP contribution in [0.25, 0.3) is 0 Å². The maximum absolute atomic E-state index is 11.8. The van der Waals surface area contributed by atoms with Crippen LogP contribution in [0.3, 0.4) is 0 Å². The van der Waals surface area contributed by atoms with Gasteiger partial charge in [0.1, 0.15) is 5.69 Å². The number of nitrogens with one attached hydrogen (secondary N) is 2. The van der Waals surface area contributed by atoms with Crippen molar-refractivity contribution in [3.05, 3.63) is 64.2 Å². The average Bonchev–Trinajstić information content (AvgIpc) is 2.39. The highest BCUT2D eigenvalue weighted by Gasteiger charge is 2.15.